The molecule has 11 heteroatoms. The molecule has 0 aliphatic carbocycles. The van der Waals surface area contributed by atoms with Crippen molar-refractivity contribution in [3.05, 3.63) is 36.0 Å². The van der Waals surface area contributed by atoms with E-state index in [1.165, 1.54) is 0 Å². The number of carboxylic acids is 1. The van der Waals surface area contributed by atoms with E-state index < -0.39 is 24.3 Å². The Hall–Kier alpha value is -3.60. The number of aromatic nitrogens is 4. The number of amides is 2. The lowest BCUT2D eigenvalue weighted by molar-refractivity contribution is -0.139. The SMILES string of the molecule is O=C(O)Cn1nnc(-c2cccc(NC3=CC(=O)N(CCO)C3=O)c2)n1. The lowest BCUT2D eigenvalue weighted by Crippen LogP contribution is -2.34. The molecule has 3 N–H and O–H groups in total. The van der Waals surface area contributed by atoms with Crippen molar-refractivity contribution in [3.8, 4) is 11.4 Å². The van der Waals surface area contributed by atoms with E-state index in [1.807, 2.05) is 0 Å². The second-order valence-electron chi connectivity index (χ2n) is 5.32. The van der Waals surface area contributed by atoms with Crippen LogP contribution in [-0.2, 0) is 20.9 Å². The number of imide groups is 1. The predicted molar refractivity (Wildman–Crippen MR) is 86.4 cm³/mol. The highest BCUT2D eigenvalue weighted by molar-refractivity contribution is 6.17. The summed E-state index contributed by atoms with van der Waals surface area (Å²) in [6.07, 6.45) is 1.16. The quantitative estimate of drug-likeness (QED) is 0.534. The van der Waals surface area contributed by atoms with Crippen LogP contribution in [0, 0.1) is 0 Å². The lowest BCUT2D eigenvalue weighted by Gasteiger charge is -2.13. The van der Waals surface area contributed by atoms with E-state index in [-0.39, 0.29) is 24.7 Å². The molecular weight excluding hydrogens is 344 g/mol. The molecule has 3 rings (SSSR count). The fourth-order valence-electron chi connectivity index (χ4n) is 2.35. The monoisotopic (exact) mass is 358 g/mol. The standard InChI is InChI=1S/C15H14N6O5/c22-5-4-20-12(23)7-11(15(20)26)16-10-3-1-2-9(6-10)14-17-19-21(18-14)8-13(24)25/h1-3,6-7,16,22H,4-5,8H2,(H,24,25). The number of rotatable bonds is 7. The number of carbonyl (C=O) groups excluding carboxylic acids is 2. The zero-order valence-corrected chi connectivity index (χ0v) is 13.4. The van der Waals surface area contributed by atoms with E-state index >= 15 is 0 Å². The van der Waals surface area contributed by atoms with Crippen LogP contribution in [0.3, 0.4) is 0 Å². The molecule has 1 aromatic heterocycles. The van der Waals surface area contributed by atoms with E-state index in [2.05, 4.69) is 20.7 Å². The average molecular weight is 358 g/mol. The largest absolute Gasteiger partial charge is 0.480 e. The predicted octanol–water partition coefficient (Wildman–Crippen LogP) is -0.918. The van der Waals surface area contributed by atoms with Gasteiger partial charge in [0.05, 0.1) is 13.2 Å². The summed E-state index contributed by atoms with van der Waals surface area (Å²) in [6, 6.07) is 6.69. The number of hydrogen-bond donors (Lipinski definition) is 3. The van der Waals surface area contributed by atoms with Gasteiger partial charge in [-0.1, -0.05) is 12.1 Å². The molecule has 11 nitrogen and oxygen atoms in total. The molecular formula is C15H14N6O5. The molecule has 0 saturated carbocycles. The summed E-state index contributed by atoms with van der Waals surface area (Å²) in [4.78, 5) is 36.4. The van der Waals surface area contributed by atoms with Gasteiger partial charge in [0, 0.05) is 17.3 Å². The summed E-state index contributed by atoms with van der Waals surface area (Å²) in [7, 11) is 0. The molecule has 0 radical (unpaired) electrons. The number of anilines is 1. The topological polar surface area (TPSA) is 151 Å². The highest BCUT2D eigenvalue weighted by Crippen LogP contribution is 2.22. The molecule has 2 aromatic rings. The van der Waals surface area contributed by atoms with Crippen LogP contribution in [0.5, 0.6) is 0 Å². The molecule has 134 valence electrons. The van der Waals surface area contributed by atoms with Crippen molar-refractivity contribution < 1.29 is 24.6 Å². The summed E-state index contributed by atoms with van der Waals surface area (Å²) in [5.41, 5.74) is 1.15. The van der Waals surface area contributed by atoms with Crippen LogP contribution >= 0.6 is 0 Å². The lowest BCUT2D eigenvalue weighted by atomic mass is 10.2. The summed E-state index contributed by atoms with van der Waals surface area (Å²) >= 11 is 0. The van der Waals surface area contributed by atoms with Crippen molar-refractivity contribution in [3.63, 3.8) is 0 Å². The molecule has 0 atom stereocenters. The minimum atomic E-state index is -1.09. The number of nitrogens with one attached hydrogen (secondary N) is 1. The molecule has 1 aromatic carbocycles. The summed E-state index contributed by atoms with van der Waals surface area (Å²) in [5.74, 6) is -1.89. The smallest absolute Gasteiger partial charge is 0.327 e. The maximum absolute atomic E-state index is 12.1. The first-order valence-electron chi connectivity index (χ1n) is 7.53. The number of nitrogens with zero attached hydrogens (tertiary/aromatic N) is 5. The van der Waals surface area contributed by atoms with Crippen LogP contribution in [0.2, 0.25) is 0 Å². The first-order valence-corrected chi connectivity index (χ1v) is 7.53. The Morgan fingerprint density at radius 2 is 2.08 bits per heavy atom. The average Bonchev–Trinajstić information content (AvgIpc) is 3.15. The third kappa shape index (κ3) is 3.57. The Morgan fingerprint density at radius 3 is 2.81 bits per heavy atom. The number of carbonyl (C=O) groups is 3. The van der Waals surface area contributed by atoms with Gasteiger partial charge in [-0.25, -0.2) is 0 Å². The second kappa shape index (κ2) is 7.11. The van der Waals surface area contributed by atoms with Crippen LogP contribution in [0.15, 0.2) is 36.0 Å². The van der Waals surface area contributed by atoms with Gasteiger partial charge in [0.15, 0.2) is 6.54 Å². The van der Waals surface area contributed by atoms with Crippen molar-refractivity contribution in [2.24, 2.45) is 0 Å². The van der Waals surface area contributed by atoms with Gasteiger partial charge < -0.3 is 15.5 Å². The summed E-state index contributed by atoms with van der Waals surface area (Å²) in [6.45, 7) is -0.795. The Labute approximate surface area is 146 Å². The van der Waals surface area contributed by atoms with Crippen LogP contribution in [-0.4, -0.2) is 66.3 Å². The van der Waals surface area contributed by atoms with Crippen LogP contribution in [0.4, 0.5) is 5.69 Å². The Morgan fingerprint density at radius 1 is 1.27 bits per heavy atom. The van der Waals surface area contributed by atoms with Crippen LogP contribution in [0.1, 0.15) is 0 Å². The molecule has 1 aliphatic heterocycles. The molecule has 2 heterocycles. The molecule has 26 heavy (non-hydrogen) atoms. The number of aliphatic carboxylic acids is 1. The van der Waals surface area contributed by atoms with Crippen molar-refractivity contribution in [2.45, 2.75) is 6.54 Å². The zero-order valence-electron chi connectivity index (χ0n) is 13.4. The van der Waals surface area contributed by atoms with Gasteiger partial charge in [0.2, 0.25) is 5.82 Å². The molecule has 0 spiro atoms. The third-order valence-corrected chi connectivity index (χ3v) is 3.46. The number of carboxylic acid groups (broad SMARTS) is 1. The van der Waals surface area contributed by atoms with E-state index in [1.54, 1.807) is 24.3 Å². The maximum Gasteiger partial charge on any atom is 0.327 e. The van der Waals surface area contributed by atoms with E-state index in [4.69, 9.17) is 10.2 Å². The Balaban J connectivity index is 1.77. The highest BCUT2D eigenvalue weighted by Gasteiger charge is 2.30. The van der Waals surface area contributed by atoms with Crippen molar-refractivity contribution in [1.29, 1.82) is 0 Å². The van der Waals surface area contributed by atoms with Crippen molar-refractivity contribution >= 4 is 23.5 Å². The summed E-state index contributed by atoms with van der Waals surface area (Å²) < 4.78 is 0. The van der Waals surface area contributed by atoms with Crippen molar-refractivity contribution in [1.82, 2.24) is 25.1 Å². The molecule has 0 bridgehead atoms. The zero-order chi connectivity index (χ0) is 18.7. The second-order valence-corrected chi connectivity index (χ2v) is 5.32. The number of hydrogen-bond acceptors (Lipinski definition) is 8. The maximum atomic E-state index is 12.1. The number of benzene rings is 1. The number of tetrazole rings is 1. The van der Waals surface area contributed by atoms with Gasteiger partial charge in [-0.15, -0.1) is 10.2 Å². The van der Waals surface area contributed by atoms with E-state index in [0.717, 1.165) is 15.8 Å². The Bertz CT molecular complexity index is 905. The van der Waals surface area contributed by atoms with Gasteiger partial charge in [-0.2, -0.15) is 4.80 Å². The molecule has 0 fully saturated rings. The first kappa shape index (κ1) is 17.2. The number of aliphatic hydroxyl groups is 1. The normalized spacial score (nSPS) is 13.9. The van der Waals surface area contributed by atoms with Gasteiger partial charge in [0.1, 0.15) is 5.70 Å². The molecule has 0 unspecified atom stereocenters. The van der Waals surface area contributed by atoms with E-state index in [0.29, 0.717) is 11.3 Å². The van der Waals surface area contributed by atoms with Crippen molar-refractivity contribution in [2.75, 3.05) is 18.5 Å². The highest BCUT2D eigenvalue weighted by atomic mass is 16.4. The molecule has 0 saturated heterocycles. The number of aliphatic hydroxyl groups excluding tert-OH is 1. The minimum absolute atomic E-state index is 0.0734. The fourth-order valence-corrected chi connectivity index (χ4v) is 2.35. The van der Waals surface area contributed by atoms with Gasteiger partial charge >= 0.3 is 5.97 Å². The first-order chi connectivity index (χ1) is 12.5. The fraction of sp³-hybridized carbons (Fsp3) is 0.200. The summed E-state index contributed by atoms with van der Waals surface area (Å²) in [5, 5.41) is 31.9. The van der Waals surface area contributed by atoms with Gasteiger partial charge in [-0.05, 0) is 17.3 Å². The van der Waals surface area contributed by atoms with Crippen LogP contribution in [0.25, 0.3) is 11.4 Å². The Kier molecular flexibility index (Phi) is 4.71. The molecule has 1 aliphatic rings. The van der Waals surface area contributed by atoms with Gasteiger partial charge in [-0.3, -0.25) is 19.3 Å². The number of β-amino-alcohol motifs (C(OH)–C–C–N with tert-alkyl or cyclic N) is 1. The van der Waals surface area contributed by atoms with E-state index in [9.17, 15) is 14.4 Å². The van der Waals surface area contributed by atoms with Gasteiger partial charge in [0.25, 0.3) is 11.8 Å². The third-order valence-electron chi connectivity index (χ3n) is 3.46. The minimum Gasteiger partial charge on any atom is -0.480 e. The van der Waals surface area contributed by atoms with Crippen LogP contribution < -0.4 is 5.32 Å². The molecule has 2 amide bonds.